The Hall–Kier alpha value is -2.38. The summed E-state index contributed by atoms with van der Waals surface area (Å²) in [7, 11) is 0. The van der Waals surface area contributed by atoms with Gasteiger partial charge in [-0.2, -0.15) is 10.2 Å². The third kappa shape index (κ3) is 1.84. The van der Waals surface area contributed by atoms with E-state index in [2.05, 4.69) is 30.8 Å². The van der Waals surface area contributed by atoms with Crippen LogP contribution in [0.1, 0.15) is 48.5 Å². The van der Waals surface area contributed by atoms with Gasteiger partial charge in [0, 0.05) is 0 Å². The van der Waals surface area contributed by atoms with Crippen molar-refractivity contribution in [2.75, 3.05) is 0 Å². The van der Waals surface area contributed by atoms with Crippen LogP contribution in [0.2, 0.25) is 0 Å². The van der Waals surface area contributed by atoms with Crippen molar-refractivity contribution in [2.24, 2.45) is 10.2 Å². The average molecular weight is 272 g/mol. The monoisotopic (exact) mass is 272 g/mol. The first kappa shape index (κ1) is 11.4. The van der Waals surface area contributed by atoms with E-state index in [0.717, 1.165) is 72.7 Å². The number of aromatic nitrogens is 4. The quantitative estimate of drug-likeness (QED) is 0.725. The van der Waals surface area contributed by atoms with E-state index in [-0.39, 0.29) is 0 Å². The molecule has 0 fully saturated rings. The number of hydrogen-bond acceptors (Lipinski definition) is 8. The normalized spacial score (nSPS) is 22.0. The smallest absolute Gasteiger partial charge is 0.154 e. The van der Waals surface area contributed by atoms with E-state index in [1.807, 2.05) is 0 Å². The molecule has 2 aliphatic carbocycles. The molecule has 0 spiro atoms. The summed E-state index contributed by atoms with van der Waals surface area (Å²) in [5, 5.41) is 24.2. The van der Waals surface area contributed by atoms with Crippen LogP contribution in [0.5, 0.6) is 0 Å². The van der Waals surface area contributed by atoms with Gasteiger partial charge in [-0.15, -0.1) is 0 Å². The number of hydrogen-bond donors (Lipinski definition) is 0. The van der Waals surface area contributed by atoms with Crippen LogP contribution in [-0.2, 0) is 12.8 Å². The van der Waals surface area contributed by atoms with Gasteiger partial charge >= 0.3 is 0 Å². The molecule has 2 aromatic rings. The Morgan fingerprint density at radius 1 is 0.650 bits per heavy atom. The molecule has 4 rings (SSSR count). The second-order valence-corrected chi connectivity index (χ2v) is 4.92. The molecule has 0 unspecified atom stereocenters. The molecular weight excluding hydrogens is 260 g/mol. The van der Waals surface area contributed by atoms with Crippen molar-refractivity contribution < 1.29 is 9.26 Å². The molecule has 20 heavy (non-hydrogen) atoms. The van der Waals surface area contributed by atoms with Gasteiger partial charge in [-0.1, -0.05) is 10.3 Å². The van der Waals surface area contributed by atoms with E-state index >= 15 is 0 Å². The Labute approximate surface area is 113 Å². The lowest BCUT2D eigenvalue weighted by molar-refractivity contribution is 0.303. The first-order valence-electron chi connectivity index (χ1n) is 6.69. The summed E-state index contributed by atoms with van der Waals surface area (Å²) < 4.78 is 9.53. The Bertz CT molecular complexity index is 638. The zero-order chi connectivity index (χ0) is 13.4. The lowest BCUT2D eigenvalue weighted by Gasteiger charge is -2.10. The molecule has 0 N–H and O–H groups in total. The summed E-state index contributed by atoms with van der Waals surface area (Å²) in [5.74, 6) is 0. The second kappa shape index (κ2) is 4.62. The first-order valence-corrected chi connectivity index (χ1v) is 6.69. The average Bonchev–Trinajstić information content (AvgIpc) is 3.13. The van der Waals surface area contributed by atoms with Crippen LogP contribution in [0.15, 0.2) is 19.5 Å². The highest BCUT2D eigenvalue weighted by molar-refractivity contribution is 6.03. The summed E-state index contributed by atoms with van der Waals surface area (Å²) in [6, 6.07) is 0. The molecule has 2 aliphatic rings. The van der Waals surface area contributed by atoms with Crippen molar-refractivity contribution in [1.82, 2.24) is 20.6 Å². The van der Waals surface area contributed by atoms with Gasteiger partial charge in [-0.25, -0.2) is 9.26 Å². The highest BCUT2D eigenvalue weighted by atomic mass is 16.6. The zero-order valence-electron chi connectivity index (χ0n) is 10.7. The van der Waals surface area contributed by atoms with Crippen molar-refractivity contribution in [1.29, 1.82) is 0 Å². The summed E-state index contributed by atoms with van der Waals surface area (Å²) in [4.78, 5) is 0. The van der Waals surface area contributed by atoms with Crippen LogP contribution in [0.3, 0.4) is 0 Å². The van der Waals surface area contributed by atoms with Crippen LogP contribution in [0, 0.1) is 0 Å². The van der Waals surface area contributed by atoms with Crippen LogP contribution in [0.25, 0.3) is 0 Å². The predicted molar refractivity (Wildman–Crippen MR) is 67.5 cm³/mol. The molecular formula is C12H12N6O2. The maximum atomic E-state index is 4.77. The highest BCUT2D eigenvalue weighted by Crippen LogP contribution is 2.20. The van der Waals surface area contributed by atoms with Crippen molar-refractivity contribution in [3.05, 3.63) is 22.8 Å². The Balaban J connectivity index is 1.69. The molecule has 0 saturated heterocycles. The Morgan fingerprint density at radius 2 is 1.15 bits per heavy atom. The zero-order valence-corrected chi connectivity index (χ0v) is 10.7. The third-order valence-corrected chi connectivity index (χ3v) is 3.61. The predicted octanol–water partition coefficient (Wildman–Crippen LogP) is 1.32. The van der Waals surface area contributed by atoms with Gasteiger partial charge in [0.15, 0.2) is 11.4 Å². The number of nitrogens with zero attached hydrogens (tertiary/aromatic N) is 6. The van der Waals surface area contributed by atoms with Gasteiger partial charge in [0.2, 0.25) is 0 Å². The van der Waals surface area contributed by atoms with Crippen LogP contribution < -0.4 is 0 Å². The Kier molecular flexibility index (Phi) is 2.65. The fraction of sp³-hybridized carbons (Fsp3) is 0.500. The molecule has 0 aliphatic heterocycles. The highest BCUT2D eigenvalue weighted by Gasteiger charge is 2.23. The third-order valence-electron chi connectivity index (χ3n) is 3.61. The summed E-state index contributed by atoms with van der Waals surface area (Å²) in [5.41, 5.74) is 4.84. The molecule has 2 heterocycles. The fourth-order valence-corrected chi connectivity index (χ4v) is 2.58. The Morgan fingerprint density at radius 3 is 1.65 bits per heavy atom. The molecule has 0 radical (unpaired) electrons. The van der Waals surface area contributed by atoms with Crippen molar-refractivity contribution in [2.45, 2.75) is 38.5 Å². The molecule has 0 atom stereocenters. The maximum Gasteiger partial charge on any atom is 0.154 e. The topological polar surface area (TPSA) is 103 Å². The van der Waals surface area contributed by atoms with Crippen molar-refractivity contribution >= 4 is 11.4 Å². The lowest BCUT2D eigenvalue weighted by atomic mass is 9.99. The molecule has 2 aromatic heterocycles. The van der Waals surface area contributed by atoms with Gasteiger partial charge < -0.3 is 0 Å². The molecule has 0 amide bonds. The van der Waals surface area contributed by atoms with Crippen molar-refractivity contribution in [3.8, 4) is 0 Å². The van der Waals surface area contributed by atoms with E-state index in [9.17, 15) is 0 Å². The van der Waals surface area contributed by atoms with E-state index in [1.165, 1.54) is 0 Å². The van der Waals surface area contributed by atoms with Crippen LogP contribution in [0.4, 0.5) is 0 Å². The van der Waals surface area contributed by atoms with Gasteiger partial charge in [-0.3, -0.25) is 0 Å². The van der Waals surface area contributed by atoms with Gasteiger partial charge in [0.05, 0.1) is 11.4 Å². The molecule has 0 saturated carbocycles. The van der Waals surface area contributed by atoms with Crippen LogP contribution >= 0.6 is 0 Å². The minimum atomic E-state index is 0.731. The SMILES string of the molecule is C1C/C(=N/N=C2\CCCc3nonc32)c2nonc2C1. The molecule has 102 valence electrons. The molecule has 8 heteroatoms. The molecule has 8 nitrogen and oxygen atoms in total. The van der Waals surface area contributed by atoms with Crippen molar-refractivity contribution in [3.63, 3.8) is 0 Å². The summed E-state index contributed by atoms with van der Waals surface area (Å²) in [6.07, 6.45) is 5.41. The van der Waals surface area contributed by atoms with E-state index in [0.29, 0.717) is 0 Å². The fourth-order valence-electron chi connectivity index (χ4n) is 2.58. The number of rotatable bonds is 1. The minimum absolute atomic E-state index is 0.731. The standard InChI is InChI=1S/C12H12N6O2/c1-3-7(11-9(5-1)15-19-17-11)13-14-8-4-2-6-10-12(8)18-20-16-10/h1-6H2/b13-7-,14-8+. The second-order valence-electron chi connectivity index (χ2n) is 4.92. The first-order chi connectivity index (χ1) is 9.92. The van der Waals surface area contributed by atoms with Gasteiger partial charge in [0.25, 0.3) is 0 Å². The van der Waals surface area contributed by atoms with E-state index in [1.54, 1.807) is 0 Å². The summed E-state index contributed by atoms with van der Waals surface area (Å²) >= 11 is 0. The number of aryl methyl sites for hydroxylation is 2. The minimum Gasteiger partial charge on any atom is -0.244 e. The summed E-state index contributed by atoms with van der Waals surface area (Å²) in [6.45, 7) is 0. The number of fused-ring (bicyclic) bond motifs is 2. The largest absolute Gasteiger partial charge is 0.244 e. The lowest BCUT2D eigenvalue weighted by Crippen LogP contribution is -2.14. The maximum absolute atomic E-state index is 4.77. The van der Waals surface area contributed by atoms with Gasteiger partial charge in [0.1, 0.15) is 11.4 Å². The van der Waals surface area contributed by atoms with Gasteiger partial charge in [-0.05, 0) is 48.8 Å². The van der Waals surface area contributed by atoms with E-state index < -0.39 is 0 Å². The molecule has 0 bridgehead atoms. The molecule has 0 aromatic carbocycles. The van der Waals surface area contributed by atoms with E-state index in [4.69, 9.17) is 9.26 Å². The van der Waals surface area contributed by atoms with Crippen LogP contribution in [-0.4, -0.2) is 32.1 Å².